The molecule has 0 bridgehead atoms. The SMILES string of the molecule is CC(=O)N[C@H]1[C@H](O[C@@H]2[C@H](O[C@]3(C(=O)O)C[C@H](O)[C@@H](NC(C)=O)[C@H]([C@H](O)[C@@H](CO)O[C@]4(C(=O)O)C[C@H](O)[C@@H](NC(=O)CO)[C@H]([C@H](O)[C@H](O)CO)O4)O3)[C@@H](O)[C@H](O[C@H]3[C@H](O)[C@@H](O)[C@H](O)O[C@@H]3CO)O[C@@H]2CO)O[C@H](CO)[C@H](O)[C@@H]1O[C@@H]1O[C@H](CO)[C@H](O)[C@H](O[C@]2(C(=O)O)C[C@H](O)[C@@H](NC(C)=O)[C@H]([C@H](O)[C@@H](CO)O[C@]3(C(=O)O)C[C@H](O)[C@@H](NC(C)=O)[C@H]([C@H](O)[C@H](O)CO)O3)O2)[C@H]1O. The van der Waals surface area contributed by atoms with Crippen molar-refractivity contribution in [3.8, 4) is 0 Å². The Bertz CT molecular complexity index is 3740. The summed E-state index contributed by atoms with van der Waals surface area (Å²) in [5, 5.41) is 345. The van der Waals surface area contributed by atoms with Crippen molar-refractivity contribution in [2.75, 3.05) is 59.5 Å². The fourth-order valence-electron chi connectivity index (χ4n) is 16.3. The minimum absolute atomic E-state index is 0.753. The molecule has 0 aromatic rings. The van der Waals surface area contributed by atoms with E-state index in [1.165, 1.54) is 0 Å². The number of aliphatic hydroxyl groups is 26. The van der Waals surface area contributed by atoms with Crippen molar-refractivity contribution >= 4 is 53.4 Å². The number of hydrogen-bond acceptors (Lipinski definition) is 50. The van der Waals surface area contributed by atoms with E-state index in [1.54, 1.807) is 0 Å². The van der Waals surface area contributed by atoms with E-state index in [0.717, 1.165) is 27.7 Å². The third kappa shape index (κ3) is 23.6. The van der Waals surface area contributed by atoms with Gasteiger partial charge in [-0.3, -0.25) is 24.0 Å². The van der Waals surface area contributed by atoms with Crippen LogP contribution < -0.4 is 26.6 Å². The molecule has 0 unspecified atom stereocenters. The van der Waals surface area contributed by atoms with Gasteiger partial charge in [0.1, 0.15) is 177 Å². The van der Waals surface area contributed by atoms with E-state index in [-0.39, 0.29) is 0 Å². The number of ether oxygens (including phenoxy) is 15. The van der Waals surface area contributed by atoms with Crippen molar-refractivity contribution in [2.45, 2.75) is 321 Å². The lowest BCUT2D eigenvalue weighted by Gasteiger charge is -2.53. The van der Waals surface area contributed by atoms with Crippen LogP contribution in [0, 0.1) is 0 Å². The van der Waals surface area contributed by atoms with Gasteiger partial charge in [0.2, 0.25) is 29.5 Å². The Hall–Kier alpha value is -6.41. The summed E-state index contributed by atoms with van der Waals surface area (Å²) in [6, 6.07) is -10.6. The molecule has 8 aliphatic heterocycles. The highest BCUT2D eigenvalue weighted by molar-refractivity contribution is 5.80. The van der Waals surface area contributed by atoms with Crippen molar-refractivity contribution in [3.63, 3.8) is 0 Å². The number of carboxylic acid groups (broad SMARTS) is 4. The van der Waals surface area contributed by atoms with Crippen molar-refractivity contribution < 1.29 is 267 Å². The molecule has 0 spiro atoms. The highest BCUT2D eigenvalue weighted by atomic mass is 16.8. The van der Waals surface area contributed by atoms with Gasteiger partial charge in [0.15, 0.2) is 25.2 Å². The third-order valence-electron chi connectivity index (χ3n) is 22.7. The molecule has 59 heteroatoms. The number of carboxylic acids is 4. The molecule has 0 aliphatic carbocycles. The van der Waals surface area contributed by atoms with Gasteiger partial charge in [-0.2, -0.15) is 0 Å². The maximum Gasteiger partial charge on any atom is 0.364 e. The van der Waals surface area contributed by atoms with Gasteiger partial charge < -0.3 is 251 Å². The van der Waals surface area contributed by atoms with Crippen LogP contribution in [0.15, 0.2) is 0 Å². The topological polar surface area (TPSA) is 959 Å². The van der Waals surface area contributed by atoms with E-state index in [9.17, 15) is 196 Å². The molecule has 8 aliphatic rings. The average Bonchev–Trinajstić information content (AvgIpc) is 0.871. The number of aliphatic carboxylic acids is 4. The number of aliphatic hydroxyl groups excluding tert-OH is 26. The van der Waals surface area contributed by atoms with E-state index >= 15 is 0 Å². The molecule has 129 heavy (non-hydrogen) atoms. The first-order valence-electron chi connectivity index (χ1n) is 39.8. The number of carbonyl (C=O) groups is 9. The highest BCUT2D eigenvalue weighted by Crippen LogP contribution is 2.46. The standard InChI is InChI=1S/C70H113N5O54/c1-18(85)71-35-22(89)5-67(63(107)108,124-53(35)40(96)26(93)9-76)122-30(13-80)44(100)55-36(72-19(2)86)23(90)7-69(126-55,65(111)112)128-57-43(99)29(12-79)117-61(48(57)104)121-52-39(74-21(4)88)60(116-28(11-78)42(52)98)120-51-33(16-83)118-62(119-50-32(15-82)115-59(106)47(103)46(50)102)49(105)58(51)129-70(66(113)114)8-24(91)37(73-20(3)87)56(127-70)45(101)31(14-81)123-68(64(109)110)6-25(92)38(75-34(95)17-84)54(125-68)41(97)27(94)10-77/h22-33,35-62,76-84,89-94,96-106H,5-17H2,1-4H3,(H,71,85)(H,72,86)(H,73,87)(H,74,88)(H,75,95)(H,107,108)(H,109,110)(H,111,112)(H,113,114)/t22-,23-,24-,25-,26+,27+,28+,29+,30+,31+,32+,33+,35+,36+,37+,38+,39+,40+,41+,42-,43-,44+,45+,46+,47+,48+,49+,50+,51-,52+,53+,54+,55+,56+,57-,58+,59+,60-,61-,62-,67+,68+,69-,70-/m0/s1. The van der Waals surface area contributed by atoms with Gasteiger partial charge in [0.05, 0.1) is 101 Å². The number of carbonyl (C=O) groups excluding carboxylic acids is 5. The molecular formula is C70H113N5O54. The van der Waals surface area contributed by atoms with Crippen LogP contribution in [-0.4, -0.2) is 534 Å². The Kier molecular flexibility index (Phi) is 37.9. The van der Waals surface area contributed by atoms with Crippen LogP contribution in [0.1, 0.15) is 53.4 Å². The fraction of sp³-hybridized carbons (Fsp3) is 0.871. The quantitative estimate of drug-likeness (QED) is 0.0271. The van der Waals surface area contributed by atoms with Crippen LogP contribution in [0.4, 0.5) is 0 Å². The minimum atomic E-state index is -3.84. The second-order valence-corrected chi connectivity index (χ2v) is 31.8. The normalized spacial score (nSPS) is 42.3. The molecule has 59 nitrogen and oxygen atoms in total. The van der Waals surface area contributed by atoms with E-state index in [2.05, 4.69) is 21.3 Å². The van der Waals surface area contributed by atoms with Crippen molar-refractivity contribution in [3.05, 3.63) is 0 Å². The lowest BCUT2D eigenvalue weighted by molar-refractivity contribution is -0.405. The Labute approximate surface area is 726 Å². The summed E-state index contributed by atoms with van der Waals surface area (Å²) in [5.41, 5.74) is 0. The Morgan fingerprint density at radius 1 is 0.333 bits per heavy atom. The molecular weight excluding hydrogens is 1770 g/mol. The number of rotatable bonds is 40. The Balaban J connectivity index is 1.18. The monoisotopic (exact) mass is 1890 g/mol. The van der Waals surface area contributed by atoms with E-state index in [1.807, 2.05) is 5.32 Å². The number of amides is 5. The van der Waals surface area contributed by atoms with Gasteiger partial charge in [-0.25, -0.2) is 19.2 Å². The van der Waals surface area contributed by atoms with Gasteiger partial charge in [0.25, 0.3) is 23.1 Å². The van der Waals surface area contributed by atoms with Gasteiger partial charge in [-0.05, 0) is 0 Å². The lowest BCUT2D eigenvalue weighted by Crippen LogP contribution is -2.73. The van der Waals surface area contributed by atoms with Crippen molar-refractivity contribution in [2.24, 2.45) is 0 Å². The summed E-state index contributed by atoms with van der Waals surface area (Å²) in [6.07, 6.45) is -93.2. The molecule has 44 atom stereocenters. The average molecular weight is 1890 g/mol. The molecule has 5 amide bonds. The summed E-state index contributed by atoms with van der Waals surface area (Å²) in [7, 11) is 0. The second-order valence-electron chi connectivity index (χ2n) is 31.8. The van der Waals surface area contributed by atoms with Crippen LogP contribution in [0.5, 0.6) is 0 Å². The summed E-state index contributed by atoms with van der Waals surface area (Å²) >= 11 is 0. The smallest absolute Gasteiger partial charge is 0.364 e. The zero-order chi connectivity index (χ0) is 96.6. The van der Waals surface area contributed by atoms with Gasteiger partial charge in [0, 0.05) is 53.4 Å². The van der Waals surface area contributed by atoms with E-state index < -0.39 is 406 Å². The van der Waals surface area contributed by atoms with Crippen molar-refractivity contribution in [1.82, 2.24) is 26.6 Å². The first-order chi connectivity index (χ1) is 60.4. The predicted molar refractivity (Wildman–Crippen MR) is 393 cm³/mol. The molecule has 742 valence electrons. The molecule has 8 heterocycles. The molecule has 0 saturated carbocycles. The zero-order valence-corrected chi connectivity index (χ0v) is 68.5. The van der Waals surface area contributed by atoms with E-state index in [0.29, 0.717) is 0 Å². The Morgan fingerprint density at radius 3 is 1.01 bits per heavy atom. The van der Waals surface area contributed by atoms with E-state index in [4.69, 9.17) is 71.1 Å². The predicted octanol–water partition coefficient (Wildman–Crippen LogP) is -21.9. The lowest BCUT2D eigenvalue weighted by atomic mass is 9.87. The number of nitrogens with one attached hydrogen (secondary N) is 5. The minimum Gasteiger partial charge on any atom is -0.477 e. The molecule has 0 aromatic heterocycles. The maximum absolute atomic E-state index is 14.3. The summed E-state index contributed by atoms with van der Waals surface area (Å²) < 4.78 is 87.4. The van der Waals surface area contributed by atoms with Crippen LogP contribution in [0.3, 0.4) is 0 Å². The molecule has 35 N–H and O–H groups in total. The molecule has 8 fully saturated rings. The molecule has 8 rings (SSSR count). The fourth-order valence-corrected chi connectivity index (χ4v) is 16.3. The third-order valence-corrected chi connectivity index (χ3v) is 22.7. The van der Waals surface area contributed by atoms with Crippen molar-refractivity contribution in [1.29, 1.82) is 0 Å². The van der Waals surface area contributed by atoms with Crippen LogP contribution in [0.2, 0.25) is 0 Å². The summed E-state index contributed by atoms with van der Waals surface area (Å²) in [5.74, 6) is -29.7. The molecule has 0 radical (unpaired) electrons. The first kappa shape index (κ1) is 108. The van der Waals surface area contributed by atoms with Crippen LogP contribution in [0.25, 0.3) is 0 Å². The van der Waals surface area contributed by atoms with Crippen LogP contribution >= 0.6 is 0 Å². The molecule has 0 aromatic carbocycles. The maximum atomic E-state index is 14.3. The second kappa shape index (κ2) is 45.3. The van der Waals surface area contributed by atoms with Gasteiger partial charge in [-0.15, -0.1) is 0 Å². The zero-order valence-electron chi connectivity index (χ0n) is 68.5. The summed E-state index contributed by atoms with van der Waals surface area (Å²) in [6.45, 7) is -9.59. The summed E-state index contributed by atoms with van der Waals surface area (Å²) in [4.78, 5) is 119. The van der Waals surface area contributed by atoms with Crippen LogP contribution in [-0.2, 0) is 114 Å². The first-order valence-corrected chi connectivity index (χ1v) is 39.8. The van der Waals surface area contributed by atoms with Gasteiger partial charge >= 0.3 is 23.9 Å². The Morgan fingerprint density at radius 2 is 0.643 bits per heavy atom. The van der Waals surface area contributed by atoms with Gasteiger partial charge in [-0.1, -0.05) is 0 Å². The molecule has 8 saturated heterocycles. The highest BCUT2D eigenvalue weighted by Gasteiger charge is 2.67. The largest absolute Gasteiger partial charge is 0.477 e. The number of hydrogen-bond donors (Lipinski definition) is 35.